The smallest absolute Gasteiger partial charge is 0.260 e. The molecule has 1 aliphatic heterocycles. The van der Waals surface area contributed by atoms with Gasteiger partial charge in [-0.3, -0.25) is 9.48 Å². The number of amides is 1. The summed E-state index contributed by atoms with van der Waals surface area (Å²) < 4.78 is 7.38. The molecule has 0 aliphatic carbocycles. The monoisotopic (exact) mass is 266 g/mol. The molecule has 19 heavy (non-hydrogen) atoms. The van der Waals surface area contributed by atoms with Crippen molar-refractivity contribution in [3.63, 3.8) is 0 Å². The lowest BCUT2D eigenvalue weighted by molar-refractivity contribution is -0.134. The maximum absolute atomic E-state index is 12.1. The number of aryl methyl sites for hydroxylation is 2. The van der Waals surface area contributed by atoms with Crippen molar-refractivity contribution in [1.82, 2.24) is 14.7 Å². The number of rotatable bonds is 3. The van der Waals surface area contributed by atoms with Crippen LogP contribution in [0.3, 0.4) is 0 Å². The number of aromatic nitrogens is 2. The second kappa shape index (κ2) is 5.61. The zero-order chi connectivity index (χ0) is 14.0. The molecule has 1 aliphatic rings. The molecule has 1 saturated heterocycles. The van der Waals surface area contributed by atoms with Gasteiger partial charge in [-0.2, -0.15) is 5.10 Å². The van der Waals surface area contributed by atoms with Crippen molar-refractivity contribution in [3.8, 4) is 5.75 Å². The Morgan fingerprint density at radius 2 is 2.26 bits per heavy atom. The fraction of sp³-hybridized carbons (Fsp3) is 0.692. The number of hydrogen-bond acceptors (Lipinski definition) is 4. The predicted molar refractivity (Wildman–Crippen MR) is 72.0 cm³/mol. The molecule has 2 N–H and O–H groups in total. The molecule has 2 heterocycles. The van der Waals surface area contributed by atoms with Crippen LogP contribution in [0, 0.1) is 13.8 Å². The van der Waals surface area contributed by atoms with Gasteiger partial charge in [0.15, 0.2) is 12.4 Å². The first-order valence-corrected chi connectivity index (χ1v) is 6.65. The third-order valence-corrected chi connectivity index (χ3v) is 3.59. The second-order valence-electron chi connectivity index (χ2n) is 5.15. The molecule has 0 spiro atoms. The van der Waals surface area contributed by atoms with Crippen molar-refractivity contribution in [3.05, 3.63) is 11.4 Å². The number of likely N-dealkylation sites (tertiary alicyclic amines) is 1. The van der Waals surface area contributed by atoms with Gasteiger partial charge in [0.2, 0.25) is 0 Å². The number of ether oxygens (including phenoxy) is 1. The highest BCUT2D eigenvalue weighted by molar-refractivity contribution is 5.78. The van der Waals surface area contributed by atoms with Crippen LogP contribution in [-0.4, -0.2) is 46.3 Å². The van der Waals surface area contributed by atoms with Gasteiger partial charge in [-0.1, -0.05) is 0 Å². The molecule has 0 unspecified atom stereocenters. The van der Waals surface area contributed by atoms with Gasteiger partial charge in [-0.25, -0.2) is 0 Å². The van der Waals surface area contributed by atoms with E-state index < -0.39 is 0 Å². The Morgan fingerprint density at radius 3 is 2.84 bits per heavy atom. The number of carbonyl (C=O) groups is 1. The number of nitrogens with zero attached hydrogens (tertiary/aromatic N) is 3. The topological polar surface area (TPSA) is 73.4 Å². The van der Waals surface area contributed by atoms with Gasteiger partial charge < -0.3 is 15.4 Å². The lowest BCUT2D eigenvalue weighted by Gasteiger charge is -2.30. The summed E-state index contributed by atoms with van der Waals surface area (Å²) in [6.07, 6.45) is 1.96. The summed E-state index contributed by atoms with van der Waals surface area (Å²) in [5.74, 6) is 0.704. The minimum atomic E-state index is -0.00203. The third kappa shape index (κ3) is 3.07. The van der Waals surface area contributed by atoms with E-state index in [1.165, 1.54) is 0 Å². The van der Waals surface area contributed by atoms with E-state index in [4.69, 9.17) is 10.5 Å². The number of piperidine rings is 1. The molecule has 6 heteroatoms. The van der Waals surface area contributed by atoms with E-state index in [9.17, 15) is 4.79 Å². The van der Waals surface area contributed by atoms with Crippen LogP contribution in [0.4, 0.5) is 0 Å². The zero-order valence-electron chi connectivity index (χ0n) is 11.8. The van der Waals surface area contributed by atoms with Gasteiger partial charge in [0.25, 0.3) is 5.91 Å². The normalized spacial score (nSPS) is 19.6. The average Bonchev–Trinajstić information content (AvgIpc) is 2.61. The first-order chi connectivity index (χ1) is 8.99. The minimum Gasteiger partial charge on any atom is -0.480 e. The zero-order valence-corrected chi connectivity index (χ0v) is 11.8. The summed E-state index contributed by atoms with van der Waals surface area (Å²) in [7, 11) is 1.86. The Hall–Kier alpha value is -1.56. The highest BCUT2D eigenvalue weighted by Gasteiger charge is 2.22. The molecule has 0 saturated carbocycles. The van der Waals surface area contributed by atoms with E-state index >= 15 is 0 Å². The quantitative estimate of drug-likeness (QED) is 0.857. The van der Waals surface area contributed by atoms with Gasteiger partial charge in [-0.05, 0) is 26.7 Å². The van der Waals surface area contributed by atoms with Crippen LogP contribution in [0.25, 0.3) is 0 Å². The van der Waals surface area contributed by atoms with Crippen molar-refractivity contribution in [2.75, 3.05) is 19.7 Å². The summed E-state index contributed by atoms with van der Waals surface area (Å²) in [4.78, 5) is 13.9. The molecule has 2 rings (SSSR count). The van der Waals surface area contributed by atoms with Crippen molar-refractivity contribution in [2.45, 2.75) is 32.7 Å². The Labute approximate surface area is 113 Å². The van der Waals surface area contributed by atoms with Gasteiger partial charge in [0.1, 0.15) is 5.69 Å². The van der Waals surface area contributed by atoms with Crippen molar-refractivity contribution >= 4 is 5.91 Å². The maximum Gasteiger partial charge on any atom is 0.260 e. The summed E-state index contributed by atoms with van der Waals surface area (Å²) >= 11 is 0. The van der Waals surface area contributed by atoms with Crippen LogP contribution in [0.2, 0.25) is 0 Å². The van der Waals surface area contributed by atoms with Gasteiger partial charge >= 0.3 is 0 Å². The van der Waals surface area contributed by atoms with Crippen molar-refractivity contribution < 1.29 is 9.53 Å². The van der Waals surface area contributed by atoms with Crippen LogP contribution in [0.15, 0.2) is 0 Å². The summed E-state index contributed by atoms with van der Waals surface area (Å²) in [5.41, 5.74) is 7.61. The largest absolute Gasteiger partial charge is 0.480 e. The number of carbonyl (C=O) groups excluding carboxylic acids is 1. The molecular weight excluding hydrogens is 244 g/mol. The average molecular weight is 266 g/mol. The van der Waals surface area contributed by atoms with Crippen LogP contribution >= 0.6 is 0 Å². The summed E-state index contributed by atoms with van der Waals surface area (Å²) in [5, 5.41) is 4.26. The molecule has 1 aromatic heterocycles. The van der Waals surface area contributed by atoms with Gasteiger partial charge in [0, 0.05) is 26.2 Å². The molecule has 1 atom stereocenters. The molecule has 1 amide bonds. The highest BCUT2D eigenvalue weighted by atomic mass is 16.5. The molecule has 1 aromatic rings. The van der Waals surface area contributed by atoms with Crippen molar-refractivity contribution in [1.29, 1.82) is 0 Å². The summed E-state index contributed by atoms with van der Waals surface area (Å²) in [6.45, 7) is 5.27. The van der Waals surface area contributed by atoms with E-state index in [1.54, 1.807) is 9.58 Å². The molecular formula is C13H22N4O2. The molecule has 0 radical (unpaired) electrons. The Balaban J connectivity index is 1.93. The van der Waals surface area contributed by atoms with Crippen LogP contribution in [0.5, 0.6) is 5.75 Å². The SMILES string of the molecule is Cc1nn(C)c(C)c1OCC(=O)N1CCC[C@H](N)C1. The Kier molecular flexibility index (Phi) is 4.09. The van der Waals surface area contributed by atoms with E-state index in [1.807, 2.05) is 20.9 Å². The number of hydrogen-bond donors (Lipinski definition) is 1. The number of nitrogens with two attached hydrogens (primary N) is 1. The minimum absolute atomic E-state index is 0.00203. The standard InChI is InChI=1S/C13H22N4O2/c1-9-13(10(2)16(3)15-9)19-8-12(18)17-6-4-5-11(14)7-17/h11H,4-8,14H2,1-3H3/t11-/m0/s1. The van der Waals surface area contributed by atoms with Crippen LogP contribution < -0.4 is 10.5 Å². The molecule has 1 fully saturated rings. The second-order valence-corrected chi connectivity index (χ2v) is 5.15. The third-order valence-electron chi connectivity index (χ3n) is 3.59. The van der Waals surface area contributed by atoms with E-state index in [-0.39, 0.29) is 18.6 Å². The van der Waals surface area contributed by atoms with Gasteiger partial charge in [0.05, 0.1) is 5.69 Å². The highest BCUT2D eigenvalue weighted by Crippen LogP contribution is 2.21. The first-order valence-electron chi connectivity index (χ1n) is 6.65. The van der Waals surface area contributed by atoms with E-state index in [2.05, 4.69) is 5.10 Å². The van der Waals surface area contributed by atoms with Crippen LogP contribution in [-0.2, 0) is 11.8 Å². The molecule has 106 valence electrons. The fourth-order valence-electron chi connectivity index (χ4n) is 2.42. The van der Waals surface area contributed by atoms with E-state index in [0.29, 0.717) is 12.3 Å². The van der Waals surface area contributed by atoms with Gasteiger partial charge in [-0.15, -0.1) is 0 Å². The first kappa shape index (κ1) is 13.9. The van der Waals surface area contributed by atoms with Crippen molar-refractivity contribution in [2.24, 2.45) is 12.8 Å². The Morgan fingerprint density at radius 1 is 1.53 bits per heavy atom. The molecule has 0 aromatic carbocycles. The predicted octanol–water partition coefficient (Wildman–Crippen LogP) is 0.365. The fourth-order valence-corrected chi connectivity index (χ4v) is 2.42. The molecule has 6 nitrogen and oxygen atoms in total. The lowest BCUT2D eigenvalue weighted by atomic mass is 10.1. The lowest BCUT2D eigenvalue weighted by Crippen LogP contribution is -2.47. The van der Waals surface area contributed by atoms with E-state index in [0.717, 1.165) is 30.8 Å². The maximum atomic E-state index is 12.1. The molecule has 0 bridgehead atoms. The summed E-state index contributed by atoms with van der Waals surface area (Å²) in [6, 6.07) is 0.0968. The van der Waals surface area contributed by atoms with Crippen LogP contribution in [0.1, 0.15) is 24.2 Å². The Bertz CT molecular complexity index is 469.